The minimum absolute atomic E-state index is 0.0183. The van der Waals surface area contributed by atoms with E-state index in [4.69, 9.17) is 5.14 Å². The van der Waals surface area contributed by atoms with Crippen molar-refractivity contribution in [2.24, 2.45) is 5.14 Å². The molecule has 7 nitrogen and oxygen atoms in total. The van der Waals surface area contributed by atoms with Gasteiger partial charge in [-0.05, 0) is 30.7 Å². The molecule has 172 valence electrons. The van der Waals surface area contributed by atoms with Gasteiger partial charge in [0, 0.05) is 22.9 Å². The van der Waals surface area contributed by atoms with Crippen molar-refractivity contribution in [1.29, 1.82) is 0 Å². The molecule has 4 aromatic rings. The number of pyridine rings is 1. The summed E-state index contributed by atoms with van der Waals surface area (Å²) in [6.45, 7) is 1.53. The second-order valence-corrected chi connectivity index (χ2v) is 9.29. The van der Waals surface area contributed by atoms with Gasteiger partial charge in [0.2, 0.25) is 0 Å². The molecule has 0 saturated heterocycles. The Morgan fingerprint density at radius 3 is 2.42 bits per heavy atom. The molecule has 0 bridgehead atoms. The smallest absolute Gasteiger partial charge is 0.252 e. The van der Waals surface area contributed by atoms with E-state index in [1.165, 1.54) is 42.7 Å². The molecule has 0 atom stereocenters. The minimum atomic E-state index is -4.76. The number of hydrogen-bond donors (Lipinski definition) is 1. The highest BCUT2D eigenvalue weighted by molar-refractivity contribution is 7.89. The van der Waals surface area contributed by atoms with E-state index in [0.29, 0.717) is 4.88 Å². The molecule has 4 rings (SSSR count). The van der Waals surface area contributed by atoms with Crippen LogP contribution in [-0.4, -0.2) is 28.2 Å². The lowest BCUT2D eigenvalue weighted by Crippen LogP contribution is -2.14. The lowest BCUT2D eigenvalue weighted by molar-refractivity contribution is -0.141. The topological polar surface area (TPSA) is 104 Å². The molecule has 3 aromatic heterocycles. The third-order valence-corrected chi connectivity index (χ3v) is 6.43. The summed E-state index contributed by atoms with van der Waals surface area (Å²) in [5.41, 5.74) is 0.780. The Morgan fingerprint density at radius 2 is 1.91 bits per heavy atom. The van der Waals surface area contributed by atoms with Gasteiger partial charge >= 0.3 is 6.18 Å². The van der Waals surface area contributed by atoms with Crippen LogP contribution < -0.4 is 5.14 Å². The first kappa shape index (κ1) is 23.0. The predicted molar refractivity (Wildman–Crippen MR) is 114 cm³/mol. The van der Waals surface area contributed by atoms with Gasteiger partial charge in [0.15, 0.2) is 10.7 Å². The summed E-state index contributed by atoms with van der Waals surface area (Å²) >= 11 is 1.23. The summed E-state index contributed by atoms with van der Waals surface area (Å²) in [6.07, 6.45) is -2.27. The normalized spacial score (nSPS) is 12.3. The molecule has 0 unspecified atom stereocenters. The van der Waals surface area contributed by atoms with Crippen LogP contribution in [-0.2, 0) is 22.6 Å². The van der Waals surface area contributed by atoms with Crippen molar-refractivity contribution in [2.45, 2.75) is 24.5 Å². The summed E-state index contributed by atoms with van der Waals surface area (Å²) in [5.74, 6) is -0.636. The second-order valence-electron chi connectivity index (χ2n) is 6.90. The maximum atomic E-state index is 14.9. The number of sulfonamides is 1. The van der Waals surface area contributed by atoms with Crippen LogP contribution in [0.2, 0.25) is 0 Å². The molecule has 33 heavy (non-hydrogen) atoms. The van der Waals surface area contributed by atoms with Crippen molar-refractivity contribution in [3.63, 3.8) is 0 Å². The van der Waals surface area contributed by atoms with Crippen molar-refractivity contribution in [3.8, 4) is 27.4 Å². The Labute approximate surface area is 189 Å². The molecule has 13 heteroatoms. The highest BCUT2D eigenvalue weighted by Crippen LogP contribution is 2.39. The molecule has 0 amide bonds. The van der Waals surface area contributed by atoms with Gasteiger partial charge in [-0.25, -0.2) is 27.6 Å². The van der Waals surface area contributed by atoms with Crippen LogP contribution in [0.4, 0.5) is 17.6 Å². The second kappa shape index (κ2) is 8.32. The molecule has 0 aliphatic rings. The average Bonchev–Trinajstić information content (AvgIpc) is 3.40. The number of benzene rings is 1. The maximum Gasteiger partial charge on any atom is 0.435 e. The molecule has 2 N–H and O–H groups in total. The van der Waals surface area contributed by atoms with Crippen LogP contribution in [0.3, 0.4) is 0 Å². The third-order valence-electron chi connectivity index (χ3n) is 4.80. The van der Waals surface area contributed by atoms with E-state index < -0.39 is 32.7 Å². The largest absolute Gasteiger partial charge is 0.435 e. The van der Waals surface area contributed by atoms with Crippen molar-refractivity contribution in [3.05, 3.63) is 65.3 Å². The molecule has 1 aromatic carbocycles. The fourth-order valence-electron chi connectivity index (χ4n) is 3.37. The summed E-state index contributed by atoms with van der Waals surface area (Å²) in [6, 6.07) is 6.38. The molecule has 0 aliphatic carbocycles. The van der Waals surface area contributed by atoms with Crippen molar-refractivity contribution in [2.75, 3.05) is 0 Å². The van der Waals surface area contributed by atoms with Gasteiger partial charge in [0.25, 0.3) is 10.0 Å². The Bertz CT molecular complexity index is 1410. The third kappa shape index (κ3) is 4.38. The number of halogens is 4. The first-order valence-electron chi connectivity index (χ1n) is 9.37. The molecular weight excluding hydrogens is 482 g/mol. The van der Waals surface area contributed by atoms with E-state index in [2.05, 4.69) is 15.1 Å². The fraction of sp³-hybridized carbons (Fsp3) is 0.150. The van der Waals surface area contributed by atoms with E-state index in [1.807, 2.05) is 0 Å². The van der Waals surface area contributed by atoms with Crippen LogP contribution in [0.1, 0.15) is 18.2 Å². The maximum absolute atomic E-state index is 14.9. The van der Waals surface area contributed by atoms with Gasteiger partial charge in [-0.3, -0.25) is 4.98 Å². The van der Waals surface area contributed by atoms with Crippen LogP contribution in [0, 0.1) is 5.82 Å². The number of alkyl halides is 3. The SMILES string of the molecule is CCc1c(C(F)(F)F)nn(-c2ccc(S(N)(=O)=O)nc2)c1-c1ccc(-c2cncs2)c(F)c1. The number of primary sulfonamides is 1. The molecule has 0 radical (unpaired) electrons. The van der Waals surface area contributed by atoms with Gasteiger partial charge in [-0.2, -0.15) is 18.3 Å². The lowest BCUT2D eigenvalue weighted by Gasteiger charge is -2.11. The summed E-state index contributed by atoms with van der Waals surface area (Å²) in [7, 11) is -4.10. The number of nitrogens with two attached hydrogens (primary N) is 1. The van der Waals surface area contributed by atoms with Crippen molar-refractivity contribution < 1.29 is 26.0 Å². The van der Waals surface area contributed by atoms with Gasteiger partial charge in [0.05, 0.1) is 28.0 Å². The standard InChI is InChI=1S/C20H15F4N5O2S2/c1-2-13-18(11-3-5-14(15(21)7-11)16-9-26-10-32-16)29(28-19(13)20(22,23)24)12-4-6-17(27-8-12)33(25,30)31/h3-10H,2H2,1H3,(H2,25,30,31). The number of hydrogen-bond acceptors (Lipinski definition) is 6. The van der Waals surface area contributed by atoms with E-state index in [-0.39, 0.29) is 34.5 Å². The molecular formula is C20H15F4N5O2S2. The Balaban J connectivity index is 1.93. The first-order chi connectivity index (χ1) is 15.5. The fourth-order valence-corrected chi connectivity index (χ4v) is 4.48. The molecule has 3 heterocycles. The Morgan fingerprint density at radius 1 is 1.15 bits per heavy atom. The molecule has 0 saturated carbocycles. The number of nitrogens with zero attached hydrogens (tertiary/aromatic N) is 4. The van der Waals surface area contributed by atoms with E-state index in [9.17, 15) is 26.0 Å². The van der Waals surface area contributed by atoms with Crippen LogP contribution >= 0.6 is 11.3 Å². The molecule has 0 aliphatic heterocycles. The highest BCUT2D eigenvalue weighted by Gasteiger charge is 2.39. The zero-order chi connectivity index (χ0) is 24.0. The minimum Gasteiger partial charge on any atom is -0.252 e. The zero-order valence-electron chi connectivity index (χ0n) is 16.8. The van der Waals surface area contributed by atoms with Crippen molar-refractivity contribution in [1.82, 2.24) is 19.7 Å². The average molecular weight is 497 g/mol. The zero-order valence-corrected chi connectivity index (χ0v) is 18.5. The summed E-state index contributed by atoms with van der Waals surface area (Å²) in [5, 5.41) is 8.32. The van der Waals surface area contributed by atoms with Crippen LogP contribution in [0.25, 0.3) is 27.4 Å². The lowest BCUT2D eigenvalue weighted by atomic mass is 10.0. The van der Waals surface area contributed by atoms with Crippen molar-refractivity contribution >= 4 is 21.4 Å². The first-order valence-corrected chi connectivity index (χ1v) is 11.8. The Kier molecular flexibility index (Phi) is 5.80. The number of aromatic nitrogens is 4. The predicted octanol–water partition coefficient (Wildman–Crippen LogP) is 4.43. The summed E-state index contributed by atoms with van der Waals surface area (Å²) < 4.78 is 80.1. The van der Waals surface area contributed by atoms with Crippen LogP contribution in [0.15, 0.2) is 53.3 Å². The van der Waals surface area contributed by atoms with Crippen LogP contribution in [0.5, 0.6) is 0 Å². The van der Waals surface area contributed by atoms with Gasteiger partial charge in [-0.15, -0.1) is 11.3 Å². The number of thiazole rings is 1. The quantitative estimate of drug-likeness (QED) is 0.411. The highest BCUT2D eigenvalue weighted by atomic mass is 32.2. The van der Waals surface area contributed by atoms with E-state index in [1.54, 1.807) is 5.51 Å². The van der Waals surface area contributed by atoms with Gasteiger partial charge < -0.3 is 0 Å². The monoisotopic (exact) mass is 497 g/mol. The number of rotatable bonds is 5. The van der Waals surface area contributed by atoms with E-state index >= 15 is 0 Å². The molecule has 0 spiro atoms. The Hall–Kier alpha value is -3.16. The van der Waals surface area contributed by atoms with Gasteiger partial charge in [0.1, 0.15) is 5.82 Å². The van der Waals surface area contributed by atoms with Gasteiger partial charge in [-0.1, -0.05) is 13.0 Å². The summed E-state index contributed by atoms with van der Waals surface area (Å²) in [4.78, 5) is 8.20. The molecule has 0 fully saturated rings. The van der Waals surface area contributed by atoms with E-state index in [0.717, 1.165) is 23.0 Å².